The fourth-order valence-corrected chi connectivity index (χ4v) is 1.49. The lowest BCUT2D eigenvalue weighted by Gasteiger charge is -2.13. The Bertz CT molecular complexity index is 464. The van der Waals surface area contributed by atoms with Gasteiger partial charge in [-0.2, -0.15) is 13.2 Å². The van der Waals surface area contributed by atoms with Crippen molar-refractivity contribution in [1.82, 2.24) is 0 Å². The average molecular weight is 272 g/mol. The van der Waals surface area contributed by atoms with E-state index in [2.05, 4.69) is 6.58 Å². The molecule has 0 aromatic heterocycles. The van der Waals surface area contributed by atoms with Crippen molar-refractivity contribution in [1.29, 1.82) is 0 Å². The highest BCUT2D eigenvalue weighted by Crippen LogP contribution is 2.33. The molecule has 0 N–H and O–H groups in total. The molecule has 0 bridgehead atoms. The smallest absolute Gasteiger partial charge is 0.417 e. The van der Waals surface area contributed by atoms with Gasteiger partial charge in [-0.15, -0.1) is 0 Å². The first-order valence-electron chi connectivity index (χ1n) is 5.91. The molecule has 1 aromatic rings. The summed E-state index contributed by atoms with van der Waals surface area (Å²) in [6, 6.07) is 3.41. The van der Waals surface area contributed by atoms with Gasteiger partial charge in [-0.05, 0) is 24.1 Å². The minimum absolute atomic E-state index is 0.121. The van der Waals surface area contributed by atoms with Crippen LogP contribution in [-0.2, 0) is 10.9 Å². The molecule has 2 nitrogen and oxygen atoms in total. The first-order valence-corrected chi connectivity index (χ1v) is 5.91. The molecule has 1 rings (SSSR count). The van der Waals surface area contributed by atoms with Crippen molar-refractivity contribution >= 4 is 12.0 Å². The minimum Gasteiger partial charge on any atom is -0.462 e. The van der Waals surface area contributed by atoms with E-state index in [1.165, 1.54) is 12.1 Å². The molecule has 0 radical (unpaired) electrons. The monoisotopic (exact) mass is 272 g/mol. The van der Waals surface area contributed by atoms with Crippen LogP contribution in [0.2, 0.25) is 0 Å². The van der Waals surface area contributed by atoms with Crippen molar-refractivity contribution in [2.24, 2.45) is 0 Å². The zero-order valence-corrected chi connectivity index (χ0v) is 10.6. The van der Waals surface area contributed by atoms with Gasteiger partial charge in [0.2, 0.25) is 0 Å². The molecule has 0 aliphatic rings. The van der Waals surface area contributed by atoms with Gasteiger partial charge < -0.3 is 4.74 Å². The molecule has 0 amide bonds. The van der Waals surface area contributed by atoms with Crippen LogP contribution in [-0.4, -0.2) is 12.6 Å². The largest absolute Gasteiger partial charge is 0.462 e. The zero-order valence-electron chi connectivity index (χ0n) is 10.6. The van der Waals surface area contributed by atoms with E-state index in [9.17, 15) is 18.0 Å². The lowest BCUT2D eigenvalue weighted by molar-refractivity contribution is -0.138. The zero-order chi connectivity index (χ0) is 14.5. The number of halogens is 3. The Morgan fingerprint density at radius 1 is 1.42 bits per heavy atom. The Kier molecular flexibility index (Phi) is 5.15. The molecule has 0 unspecified atom stereocenters. The van der Waals surface area contributed by atoms with Crippen LogP contribution < -0.4 is 0 Å². The summed E-state index contributed by atoms with van der Waals surface area (Å²) in [6.45, 7) is 5.42. The van der Waals surface area contributed by atoms with Crippen molar-refractivity contribution in [3.05, 3.63) is 41.5 Å². The molecule has 5 heteroatoms. The summed E-state index contributed by atoms with van der Waals surface area (Å²) in [5.41, 5.74) is -1.15. The fourth-order valence-electron chi connectivity index (χ4n) is 1.49. The highest BCUT2D eigenvalue weighted by Gasteiger charge is 2.35. The number of hydrogen-bond acceptors (Lipinski definition) is 2. The second-order valence-electron chi connectivity index (χ2n) is 4.00. The van der Waals surface area contributed by atoms with Gasteiger partial charge in [0.1, 0.15) is 0 Å². The standard InChI is InChI=1S/C14H15F3O2/c1-3-5-8-19-13(18)11-7-6-10(4-2)9-12(11)14(15,16)17/h4,6-7,9H,2-3,5,8H2,1H3. The summed E-state index contributed by atoms with van der Waals surface area (Å²) in [7, 11) is 0. The van der Waals surface area contributed by atoms with E-state index in [-0.39, 0.29) is 6.61 Å². The quantitative estimate of drug-likeness (QED) is 0.590. The maximum atomic E-state index is 12.9. The Morgan fingerprint density at radius 3 is 2.63 bits per heavy atom. The molecule has 0 aliphatic heterocycles. The van der Waals surface area contributed by atoms with E-state index in [4.69, 9.17) is 4.74 Å². The highest BCUT2D eigenvalue weighted by atomic mass is 19.4. The summed E-state index contributed by atoms with van der Waals surface area (Å²) in [5, 5.41) is 0. The molecule has 19 heavy (non-hydrogen) atoms. The molecule has 0 atom stereocenters. The molecular weight excluding hydrogens is 257 g/mol. The lowest BCUT2D eigenvalue weighted by Crippen LogP contribution is -2.15. The van der Waals surface area contributed by atoms with Crippen molar-refractivity contribution in [2.75, 3.05) is 6.61 Å². The minimum atomic E-state index is -4.60. The van der Waals surface area contributed by atoms with Crippen LogP contribution in [0.5, 0.6) is 0 Å². The van der Waals surface area contributed by atoms with E-state index >= 15 is 0 Å². The number of ether oxygens (including phenoxy) is 1. The predicted octanol–water partition coefficient (Wildman–Crippen LogP) is 4.31. The third-order valence-electron chi connectivity index (χ3n) is 2.54. The summed E-state index contributed by atoms with van der Waals surface area (Å²) < 4.78 is 43.4. The van der Waals surface area contributed by atoms with Crippen molar-refractivity contribution in [3.63, 3.8) is 0 Å². The average Bonchev–Trinajstić information content (AvgIpc) is 2.37. The van der Waals surface area contributed by atoms with Gasteiger partial charge in [-0.25, -0.2) is 4.79 Å². The third kappa shape index (κ3) is 4.12. The maximum absolute atomic E-state index is 12.9. The Hall–Kier alpha value is -1.78. The number of carbonyl (C=O) groups excluding carboxylic acids is 1. The summed E-state index contributed by atoms with van der Waals surface area (Å²) >= 11 is 0. The van der Waals surface area contributed by atoms with Crippen LogP contribution in [0.15, 0.2) is 24.8 Å². The lowest BCUT2D eigenvalue weighted by atomic mass is 10.0. The van der Waals surface area contributed by atoms with E-state index < -0.39 is 23.3 Å². The normalized spacial score (nSPS) is 11.2. The van der Waals surface area contributed by atoms with Crippen LogP contribution in [0.3, 0.4) is 0 Å². The molecule has 0 saturated carbocycles. The van der Waals surface area contributed by atoms with Crippen molar-refractivity contribution in [3.8, 4) is 0 Å². The Balaban J connectivity index is 3.05. The van der Waals surface area contributed by atoms with Gasteiger partial charge >= 0.3 is 12.1 Å². The highest BCUT2D eigenvalue weighted by molar-refractivity contribution is 5.91. The summed E-state index contributed by atoms with van der Waals surface area (Å²) in [5.74, 6) is -0.948. The van der Waals surface area contributed by atoms with E-state index in [1.807, 2.05) is 6.92 Å². The van der Waals surface area contributed by atoms with Gasteiger partial charge in [0.15, 0.2) is 0 Å². The van der Waals surface area contributed by atoms with E-state index in [0.717, 1.165) is 18.6 Å². The predicted molar refractivity (Wildman–Crippen MR) is 66.7 cm³/mol. The second kappa shape index (κ2) is 6.41. The first-order chi connectivity index (χ1) is 8.90. The van der Waals surface area contributed by atoms with Crippen molar-refractivity contribution < 1.29 is 22.7 Å². The topological polar surface area (TPSA) is 26.3 Å². The number of carbonyl (C=O) groups is 1. The molecule has 0 heterocycles. The van der Waals surface area contributed by atoms with E-state index in [0.29, 0.717) is 12.0 Å². The van der Waals surface area contributed by atoms with Crippen LogP contribution >= 0.6 is 0 Å². The summed E-state index contributed by atoms with van der Waals surface area (Å²) in [4.78, 5) is 11.6. The number of hydrogen-bond donors (Lipinski definition) is 0. The molecule has 0 fully saturated rings. The number of alkyl halides is 3. The second-order valence-corrected chi connectivity index (χ2v) is 4.00. The molecular formula is C14H15F3O2. The van der Waals surface area contributed by atoms with Gasteiger partial charge in [0.25, 0.3) is 0 Å². The van der Waals surface area contributed by atoms with Gasteiger partial charge in [0.05, 0.1) is 17.7 Å². The van der Waals surface area contributed by atoms with Crippen LogP contribution in [0, 0.1) is 0 Å². The van der Waals surface area contributed by atoms with Crippen molar-refractivity contribution in [2.45, 2.75) is 25.9 Å². The van der Waals surface area contributed by atoms with Gasteiger partial charge in [-0.1, -0.05) is 32.1 Å². The molecule has 0 saturated heterocycles. The van der Waals surface area contributed by atoms with Crippen LogP contribution in [0.25, 0.3) is 6.08 Å². The maximum Gasteiger partial charge on any atom is 0.417 e. The number of unbranched alkanes of at least 4 members (excludes halogenated alkanes) is 1. The van der Waals surface area contributed by atoms with Crippen LogP contribution in [0.4, 0.5) is 13.2 Å². The summed E-state index contributed by atoms with van der Waals surface area (Å²) in [6.07, 6.45) is -1.88. The third-order valence-corrected chi connectivity index (χ3v) is 2.54. The molecule has 1 aromatic carbocycles. The number of rotatable bonds is 5. The molecule has 0 spiro atoms. The molecule has 0 aliphatic carbocycles. The Morgan fingerprint density at radius 2 is 2.11 bits per heavy atom. The first kappa shape index (κ1) is 15.3. The number of benzene rings is 1. The fraction of sp³-hybridized carbons (Fsp3) is 0.357. The van der Waals surface area contributed by atoms with Gasteiger partial charge in [-0.3, -0.25) is 0 Å². The van der Waals surface area contributed by atoms with E-state index in [1.54, 1.807) is 0 Å². The molecule has 104 valence electrons. The number of esters is 1. The van der Waals surface area contributed by atoms with Gasteiger partial charge in [0, 0.05) is 0 Å². The Labute approximate surface area is 109 Å². The SMILES string of the molecule is C=Cc1ccc(C(=O)OCCCC)c(C(F)(F)F)c1. The van der Waals surface area contributed by atoms with Crippen LogP contribution in [0.1, 0.15) is 41.3 Å².